The van der Waals surface area contributed by atoms with Crippen molar-refractivity contribution in [2.45, 2.75) is 43.0 Å². The van der Waals surface area contributed by atoms with Gasteiger partial charge in [0.05, 0.1) is 0 Å². The van der Waals surface area contributed by atoms with Gasteiger partial charge in [0.15, 0.2) is 12.4 Å². The lowest BCUT2D eigenvalue weighted by atomic mass is 9.83. The summed E-state index contributed by atoms with van der Waals surface area (Å²) in [5.41, 5.74) is 3.44. The first-order chi connectivity index (χ1) is 16.6. The van der Waals surface area contributed by atoms with Gasteiger partial charge in [0.25, 0.3) is 0 Å². The number of fused-ring (bicyclic) bond motifs is 2. The van der Waals surface area contributed by atoms with Gasteiger partial charge < -0.3 is 14.5 Å². The van der Waals surface area contributed by atoms with E-state index in [0.29, 0.717) is 18.6 Å². The number of amides is 1. The molecule has 35 heavy (non-hydrogen) atoms. The lowest BCUT2D eigenvalue weighted by Crippen LogP contribution is -2.47. The van der Waals surface area contributed by atoms with Crippen molar-refractivity contribution in [2.75, 3.05) is 24.3 Å². The summed E-state index contributed by atoms with van der Waals surface area (Å²) in [6.45, 7) is 3.73. The van der Waals surface area contributed by atoms with Gasteiger partial charge in [-0.15, -0.1) is 11.8 Å². The number of rotatable bonds is 5. The molecule has 8 heteroatoms. The molecule has 0 aliphatic carbocycles. The van der Waals surface area contributed by atoms with Crippen LogP contribution in [0.2, 0.25) is 0 Å². The summed E-state index contributed by atoms with van der Waals surface area (Å²) in [4.78, 5) is 41.4. The van der Waals surface area contributed by atoms with Crippen molar-refractivity contribution in [3.05, 3.63) is 77.2 Å². The second-order valence-corrected chi connectivity index (χ2v) is 11.0. The lowest BCUT2D eigenvalue weighted by Gasteiger charge is -2.33. The molecule has 2 atom stereocenters. The maximum absolute atomic E-state index is 13.5. The number of para-hydroxylation sites is 1. The first-order valence-corrected chi connectivity index (χ1v) is 12.6. The van der Waals surface area contributed by atoms with Crippen LogP contribution in [0.25, 0.3) is 0 Å². The summed E-state index contributed by atoms with van der Waals surface area (Å²) in [6.07, 6.45) is 2.39. The highest BCUT2D eigenvalue weighted by atomic mass is 32.2. The van der Waals surface area contributed by atoms with Crippen molar-refractivity contribution >= 4 is 35.1 Å². The number of esters is 1. The van der Waals surface area contributed by atoms with Crippen LogP contribution >= 0.6 is 11.8 Å². The molecule has 0 saturated carbocycles. The van der Waals surface area contributed by atoms with Crippen molar-refractivity contribution < 1.29 is 23.5 Å². The van der Waals surface area contributed by atoms with E-state index < -0.39 is 23.5 Å². The molecule has 3 aliphatic heterocycles. The van der Waals surface area contributed by atoms with Crippen molar-refractivity contribution in [1.82, 2.24) is 4.90 Å². The minimum absolute atomic E-state index is 0.137. The predicted molar refractivity (Wildman–Crippen MR) is 132 cm³/mol. The van der Waals surface area contributed by atoms with Gasteiger partial charge in [-0.25, -0.2) is 9.18 Å². The number of anilines is 1. The maximum atomic E-state index is 13.5. The number of thioether (sulfide) groups is 1. The Hall–Kier alpha value is -3.13. The molecule has 2 aromatic rings. The van der Waals surface area contributed by atoms with Crippen molar-refractivity contribution in [3.63, 3.8) is 0 Å². The van der Waals surface area contributed by atoms with Crippen LogP contribution in [0.15, 0.2) is 60.3 Å². The summed E-state index contributed by atoms with van der Waals surface area (Å²) in [5, 5.41) is 0. The van der Waals surface area contributed by atoms with Crippen LogP contribution in [0, 0.1) is 5.82 Å². The number of benzene rings is 2. The summed E-state index contributed by atoms with van der Waals surface area (Å²) < 4.78 is 18.9. The average Bonchev–Trinajstić information content (AvgIpc) is 3.45. The summed E-state index contributed by atoms with van der Waals surface area (Å²) in [7, 11) is 1.92. The molecule has 6 nitrogen and oxygen atoms in total. The lowest BCUT2D eigenvalue weighted by molar-refractivity contribution is -0.155. The number of halogens is 1. The zero-order valence-electron chi connectivity index (χ0n) is 19.9. The van der Waals surface area contributed by atoms with Crippen LogP contribution in [-0.2, 0) is 29.4 Å². The van der Waals surface area contributed by atoms with Crippen LogP contribution in [0.5, 0.6) is 0 Å². The first-order valence-electron chi connectivity index (χ1n) is 11.6. The molecule has 0 radical (unpaired) electrons. The van der Waals surface area contributed by atoms with Crippen molar-refractivity contribution in [1.29, 1.82) is 0 Å². The van der Waals surface area contributed by atoms with Gasteiger partial charge >= 0.3 is 5.97 Å². The SMILES string of the molecule is CN1C(=CC(=O)COC(=O)C2CSC3(c4ccc(F)cc4)CCC(=O)N23)C(C)(C)c2ccccc21. The van der Waals surface area contributed by atoms with E-state index in [1.54, 1.807) is 23.1 Å². The number of hydrogen-bond acceptors (Lipinski definition) is 6. The molecule has 5 rings (SSSR count). The Bertz CT molecular complexity index is 1240. The fraction of sp³-hybridized carbons (Fsp3) is 0.370. The molecule has 2 unspecified atom stereocenters. The molecule has 0 aromatic heterocycles. The number of carbonyl (C=O) groups excluding carboxylic acids is 3. The Morgan fingerprint density at radius 1 is 1.17 bits per heavy atom. The van der Waals surface area contributed by atoms with Gasteiger partial charge in [-0.2, -0.15) is 0 Å². The molecule has 2 aromatic carbocycles. The number of carbonyl (C=O) groups is 3. The molecule has 0 N–H and O–H groups in total. The van der Waals surface area contributed by atoms with Gasteiger partial charge in [0.1, 0.15) is 16.7 Å². The van der Waals surface area contributed by atoms with Crippen LogP contribution in [0.1, 0.15) is 37.8 Å². The number of ketones is 1. The number of nitrogens with zero attached hydrogens (tertiary/aromatic N) is 2. The van der Waals surface area contributed by atoms with E-state index in [1.165, 1.54) is 23.9 Å². The van der Waals surface area contributed by atoms with Gasteiger partial charge in [0.2, 0.25) is 5.91 Å². The van der Waals surface area contributed by atoms with Crippen LogP contribution in [0.3, 0.4) is 0 Å². The normalized spacial score (nSPS) is 25.7. The molecule has 2 saturated heterocycles. The third-order valence-corrected chi connectivity index (χ3v) is 8.89. The van der Waals surface area contributed by atoms with E-state index in [0.717, 1.165) is 22.5 Å². The average molecular weight is 495 g/mol. The molecule has 3 aliphatic rings. The fourth-order valence-corrected chi connectivity index (χ4v) is 7.16. The minimum Gasteiger partial charge on any atom is -0.456 e. The molecule has 3 heterocycles. The molecular formula is C27H27FN2O4S. The van der Waals surface area contributed by atoms with Crippen LogP contribution in [-0.4, -0.2) is 48.0 Å². The number of allylic oxidation sites excluding steroid dienone is 1. The Morgan fingerprint density at radius 2 is 1.89 bits per heavy atom. The Kier molecular flexibility index (Phi) is 5.74. The van der Waals surface area contributed by atoms with E-state index in [9.17, 15) is 18.8 Å². The van der Waals surface area contributed by atoms with E-state index in [2.05, 4.69) is 19.9 Å². The number of likely N-dealkylation sites (N-methyl/N-ethyl adjacent to an activating group) is 1. The number of ether oxygens (including phenoxy) is 1. The monoisotopic (exact) mass is 494 g/mol. The molecule has 0 bridgehead atoms. The van der Waals surface area contributed by atoms with Crippen molar-refractivity contribution in [2.24, 2.45) is 0 Å². The Balaban J connectivity index is 1.29. The molecule has 2 fully saturated rings. The zero-order valence-corrected chi connectivity index (χ0v) is 20.7. The summed E-state index contributed by atoms with van der Waals surface area (Å²) >= 11 is 1.49. The third-order valence-electron chi connectivity index (χ3n) is 7.29. The molecule has 1 amide bonds. The van der Waals surface area contributed by atoms with Crippen LogP contribution in [0.4, 0.5) is 10.1 Å². The zero-order chi connectivity index (χ0) is 25.0. The predicted octanol–water partition coefficient (Wildman–Crippen LogP) is 4.14. The van der Waals surface area contributed by atoms with Crippen LogP contribution < -0.4 is 4.90 Å². The van der Waals surface area contributed by atoms with Gasteiger partial charge in [-0.05, 0) is 35.7 Å². The fourth-order valence-electron chi connectivity index (χ4n) is 5.52. The van der Waals surface area contributed by atoms with Gasteiger partial charge in [-0.1, -0.05) is 44.2 Å². The van der Waals surface area contributed by atoms with Crippen molar-refractivity contribution in [3.8, 4) is 0 Å². The van der Waals surface area contributed by atoms with Gasteiger partial charge in [-0.3, -0.25) is 9.59 Å². The smallest absolute Gasteiger partial charge is 0.330 e. The van der Waals surface area contributed by atoms with E-state index in [4.69, 9.17) is 4.74 Å². The summed E-state index contributed by atoms with van der Waals surface area (Å²) in [6, 6.07) is 13.3. The molecule has 182 valence electrons. The highest BCUT2D eigenvalue weighted by molar-refractivity contribution is 8.00. The maximum Gasteiger partial charge on any atom is 0.330 e. The van der Waals surface area contributed by atoms with E-state index in [-0.39, 0.29) is 22.9 Å². The minimum atomic E-state index is -0.782. The first kappa shape index (κ1) is 23.6. The number of hydrogen-bond donors (Lipinski definition) is 0. The molecular weight excluding hydrogens is 467 g/mol. The van der Waals surface area contributed by atoms with Gasteiger partial charge in [0, 0.05) is 42.1 Å². The van der Waals surface area contributed by atoms with E-state index >= 15 is 0 Å². The molecule has 0 spiro atoms. The highest BCUT2D eigenvalue weighted by Gasteiger charge is 2.57. The topological polar surface area (TPSA) is 66.9 Å². The second kappa shape index (κ2) is 8.52. The third kappa shape index (κ3) is 3.75. The second-order valence-electron chi connectivity index (χ2n) is 9.69. The highest BCUT2D eigenvalue weighted by Crippen LogP contribution is 2.54. The quantitative estimate of drug-likeness (QED) is 0.460. The van der Waals surface area contributed by atoms with E-state index in [1.807, 2.05) is 30.1 Å². The standard InChI is InChI=1S/C27H27FN2O4S/c1-26(2)20-6-4-5-7-21(20)29(3)23(26)14-19(31)15-34-25(33)22-16-35-27(13-12-24(32)30(22)27)17-8-10-18(28)11-9-17/h4-11,14,22H,12-13,15-16H2,1-3H3. The Labute approximate surface area is 208 Å². The largest absolute Gasteiger partial charge is 0.456 e. The summed E-state index contributed by atoms with van der Waals surface area (Å²) in [5.74, 6) is -1.04. The Morgan fingerprint density at radius 3 is 2.60 bits per heavy atom.